The molecular formula is C10H19ClF3NO. The lowest BCUT2D eigenvalue weighted by molar-refractivity contribution is -0.173. The van der Waals surface area contributed by atoms with Crippen LogP contribution in [0.5, 0.6) is 0 Å². The van der Waals surface area contributed by atoms with Gasteiger partial charge in [0.15, 0.2) is 0 Å². The molecule has 0 aliphatic rings. The van der Waals surface area contributed by atoms with E-state index in [1.54, 1.807) is 0 Å². The molecule has 0 aromatic carbocycles. The largest absolute Gasteiger partial charge is 0.411 e. The maximum atomic E-state index is 11.7. The summed E-state index contributed by atoms with van der Waals surface area (Å²) in [6.07, 6.45) is -1.70. The molecule has 0 aromatic heterocycles. The highest BCUT2D eigenvalue weighted by molar-refractivity contribution is 6.20. The SMILES string of the molecule is CC(Cl)CCCNCCCOCC(F)(F)F. The molecule has 1 N–H and O–H groups in total. The fraction of sp³-hybridized carbons (Fsp3) is 1.00. The molecule has 0 saturated heterocycles. The van der Waals surface area contributed by atoms with Gasteiger partial charge in [0, 0.05) is 12.0 Å². The summed E-state index contributed by atoms with van der Waals surface area (Å²) < 4.78 is 39.4. The highest BCUT2D eigenvalue weighted by Crippen LogP contribution is 2.14. The minimum atomic E-state index is -4.22. The molecule has 16 heavy (non-hydrogen) atoms. The lowest BCUT2D eigenvalue weighted by Crippen LogP contribution is -2.21. The first-order chi connectivity index (χ1) is 7.42. The highest BCUT2D eigenvalue weighted by Gasteiger charge is 2.26. The van der Waals surface area contributed by atoms with E-state index in [1.165, 1.54) is 0 Å². The molecule has 0 bridgehead atoms. The smallest absolute Gasteiger partial charge is 0.372 e. The van der Waals surface area contributed by atoms with Crippen molar-refractivity contribution in [3.05, 3.63) is 0 Å². The molecule has 0 heterocycles. The van der Waals surface area contributed by atoms with E-state index in [0.29, 0.717) is 13.0 Å². The summed E-state index contributed by atoms with van der Waals surface area (Å²) in [6, 6.07) is 0. The molecular weight excluding hydrogens is 243 g/mol. The molecule has 1 unspecified atom stereocenters. The van der Waals surface area contributed by atoms with Gasteiger partial charge >= 0.3 is 6.18 Å². The number of alkyl halides is 4. The van der Waals surface area contributed by atoms with Gasteiger partial charge < -0.3 is 10.1 Å². The summed E-state index contributed by atoms with van der Waals surface area (Å²) in [5.41, 5.74) is 0. The molecule has 0 aliphatic heterocycles. The summed E-state index contributed by atoms with van der Waals surface area (Å²) in [5.74, 6) is 0. The number of rotatable bonds is 9. The second-order valence-corrected chi connectivity index (χ2v) is 4.44. The van der Waals surface area contributed by atoms with Gasteiger partial charge in [-0.05, 0) is 39.3 Å². The zero-order valence-corrected chi connectivity index (χ0v) is 10.2. The van der Waals surface area contributed by atoms with Crippen LogP contribution in [0.15, 0.2) is 0 Å². The van der Waals surface area contributed by atoms with E-state index in [1.807, 2.05) is 6.92 Å². The molecule has 2 nitrogen and oxygen atoms in total. The molecule has 1 atom stereocenters. The van der Waals surface area contributed by atoms with Crippen LogP contribution in [-0.4, -0.2) is 37.9 Å². The van der Waals surface area contributed by atoms with Crippen molar-refractivity contribution in [2.45, 2.75) is 37.7 Å². The molecule has 0 fully saturated rings. The molecule has 0 aliphatic carbocycles. The zero-order valence-electron chi connectivity index (χ0n) is 9.45. The topological polar surface area (TPSA) is 21.3 Å². The van der Waals surface area contributed by atoms with Gasteiger partial charge in [0.2, 0.25) is 0 Å². The Labute approximate surface area is 99.5 Å². The van der Waals surface area contributed by atoms with Crippen LogP contribution in [0, 0.1) is 0 Å². The van der Waals surface area contributed by atoms with Gasteiger partial charge in [0.1, 0.15) is 6.61 Å². The van der Waals surface area contributed by atoms with Crippen molar-refractivity contribution in [2.75, 3.05) is 26.3 Å². The van der Waals surface area contributed by atoms with Crippen molar-refractivity contribution in [1.29, 1.82) is 0 Å². The molecule has 0 radical (unpaired) electrons. The molecule has 0 saturated carbocycles. The monoisotopic (exact) mass is 261 g/mol. The van der Waals surface area contributed by atoms with Gasteiger partial charge in [-0.25, -0.2) is 0 Å². The van der Waals surface area contributed by atoms with Crippen LogP contribution < -0.4 is 5.32 Å². The molecule has 6 heteroatoms. The Bertz CT molecular complexity index is 165. The minimum Gasteiger partial charge on any atom is -0.372 e. The van der Waals surface area contributed by atoms with Crippen LogP contribution in [0.25, 0.3) is 0 Å². The van der Waals surface area contributed by atoms with Crippen LogP contribution >= 0.6 is 11.6 Å². The molecule has 0 amide bonds. The van der Waals surface area contributed by atoms with E-state index in [2.05, 4.69) is 10.1 Å². The van der Waals surface area contributed by atoms with E-state index in [4.69, 9.17) is 11.6 Å². The van der Waals surface area contributed by atoms with Crippen molar-refractivity contribution in [1.82, 2.24) is 5.32 Å². The van der Waals surface area contributed by atoms with Gasteiger partial charge in [-0.3, -0.25) is 0 Å². The summed E-state index contributed by atoms with van der Waals surface area (Å²) in [6.45, 7) is 2.44. The number of nitrogens with one attached hydrogen (secondary N) is 1. The van der Waals surface area contributed by atoms with Gasteiger partial charge in [-0.2, -0.15) is 13.2 Å². The summed E-state index contributed by atoms with van der Waals surface area (Å²) >= 11 is 5.75. The average molecular weight is 262 g/mol. The predicted octanol–water partition coefficient (Wildman–Crippen LogP) is 2.95. The van der Waals surface area contributed by atoms with Crippen molar-refractivity contribution in [3.63, 3.8) is 0 Å². The number of ether oxygens (including phenoxy) is 1. The molecule has 0 rings (SSSR count). The Morgan fingerprint density at radius 3 is 2.44 bits per heavy atom. The van der Waals surface area contributed by atoms with E-state index >= 15 is 0 Å². The standard InChI is InChI=1S/C10H19ClF3NO/c1-9(11)4-2-5-15-6-3-7-16-8-10(12,13)14/h9,15H,2-8H2,1H3. The summed E-state index contributed by atoms with van der Waals surface area (Å²) in [7, 11) is 0. The lowest BCUT2D eigenvalue weighted by atomic mass is 10.2. The van der Waals surface area contributed by atoms with Crippen molar-refractivity contribution in [2.24, 2.45) is 0 Å². The second-order valence-electron chi connectivity index (χ2n) is 3.69. The molecule has 98 valence electrons. The van der Waals surface area contributed by atoms with Crippen molar-refractivity contribution in [3.8, 4) is 0 Å². The van der Waals surface area contributed by atoms with Gasteiger partial charge in [-0.15, -0.1) is 11.6 Å². The first kappa shape index (κ1) is 16.0. The predicted molar refractivity (Wildman–Crippen MR) is 58.9 cm³/mol. The third-order valence-corrected chi connectivity index (χ3v) is 2.08. The maximum absolute atomic E-state index is 11.7. The number of halogens is 4. The normalized spacial score (nSPS) is 14.1. The van der Waals surface area contributed by atoms with Crippen LogP contribution in [0.3, 0.4) is 0 Å². The summed E-state index contributed by atoms with van der Waals surface area (Å²) in [4.78, 5) is 0. The fourth-order valence-electron chi connectivity index (χ4n) is 1.12. The van der Waals surface area contributed by atoms with Crippen LogP contribution in [0.4, 0.5) is 13.2 Å². The minimum absolute atomic E-state index is 0.137. The maximum Gasteiger partial charge on any atom is 0.411 e. The highest BCUT2D eigenvalue weighted by atomic mass is 35.5. The zero-order chi connectivity index (χ0) is 12.4. The Morgan fingerprint density at radius 1 is 1.25 bits per heavy atom. The first-order valence-corrected chi connectivity index (χ1v) is 5.85. The van der Waals surface area contributed by atoms with Gasteiger partial charge in [0.05, 0.1) is 0 Å². The van der Waals surface area contributed by atoms with Crippen molar-refractivity contribution < 1.29 is 17.9 Å². The van der Waals surface area contributed by atoms with Crippen LogP contribution in [0.2, 0.25) is 0 Å². The Hall–Kier alpha value is -0.0000000000000000555. The van der Waals surface area contributed by atoms with Gasteiger partial charge in [0.25, 0.3) is 0 Å². The lowest BCUT2D eigenvalue weighted by Gasteiger charge is -2.08. The van der Waals surface area contributed by atoms with Crippen LogP contribution in [0.1, 0.15) is 26.2 Å². The molecule has 0 aromatic rings. The quantitative estimate of drug-likeness (QED) is 0.509. The number of hydrogen-bond donors (Lipinski definition) is 1. The third kappa shape index (κ3) is 14.0. The third-order valence-electron chi connectivity index (χ3n) is 1.86. The van der Waals surface area contributed by atoms with Gasteiger partial charge in [-0.1, -0.05) is 0 Å². The Balaban J connectivity index is 3.05. The fourth-order valence-corrected chi connectivity index (χ4v) is 1.27. The van der Waals surface area contributed by atoms with E-state index in [9.17, 15) is 13.2 Å². The number of hydrogen-bond acceptors (Lipinski definition) is 2. The Kier molecular flexibility index (Phi) is 9.07. The average Bonchev–Trinajstić information content (AvgIpc) is 2.13. The second kappa shape index (κ2) is 9.07. The Morgan fingerprint density at radius 2 is 1.88 bits per heavy atom. The van der Waals surface area contributed by atoms with E-state index < -0.39 is 12.8 Å². The van der Waals surface area contributed by atoms with E-state index in [-0.39, 0.29) is 12.0 Å². The van der Waals surface area contributed by atoms with Crippen LogP contribution in [-0.2, 0) is 4.74 Å². The van der Waals surface area contributed by atoms with Crippen molar-refractivity contribution >= 4 is 11.6 Å². The van der Waals surface area contributed by atoms with E-state index in [0.717, 1.165) is 19.4 Å². The first-order valence-electron chi connectivity index (χ1n) is 5.41. The molecule has 0 spiro atoms. The summed E-state index contributed by atoms with van der Waals surface area (Å²) in [5, 5.41) is 3.30.